The molecule has 2 rings (SSSR count). The smallest absolute Gasteiger partial charge is 0.122 e. The fourth-order valence-corrected chi connectivity index (χ4v) is 2.60. The van der Waals surface area contributed by atoms with Gasteiger partial charge in [-0.25, -0.2) is 0 Å². The SMILES string of the molecule is COc1cc(C)c(C2(Cl)COC2)cc1C(C)C. The topological polar surface area (TPSA) is 18.5 Å². The first-order chi connectivity index (χ1) is 7.98. The highest BCUT2D eigenvalue weighted by Crippen LogP contribution is 2.41. The summed E-state index contributed by atoms with van der Waals surface area (Å²) in [7, 11) is 1.71. The molecular weight excluding hydrogens is 236 g/mol. The van der Waals surface area contributed by atoms with Crippen LogP contribution in [0.5, 0.6) is 5.75 Å². The van der Waals surface area contributed by atoms with Crippen molar-refractivity contribution < 1.29 is 9.47 Å². The zero-order valence-electron chi connectivity index (χ0n) is 10.8. The van der Waals surface area contributed by atoms with Gasteiger partial charge in [0.05, 0.1) is 20.3 Å². The summed E-state index contributed by atoms with van der Waals surface area (Å²) >= 11 is 6.54. The van der Waals surface area contributed by atoms with Crippen LogP contribution in [0.15, 0.2) is 12.1 Å². The van der Waals surface area contributed by atoms with Crippen molar-refractivity contribution in [3.63, 3.8) is 0 Å². The number of methoxy groups -OCH3 is 1. The summed E-state index contributed by atoms with van der Waals surface area (Å²) in [6.07, 6.45) is 0. The minimum atomic E-state index is -0.333. The molecule has 0 amide bonds. The van der Waals surface area contributed by atoms with E-state index in [4.69, 9.17) is 21.1 Å². The molecule has 0 spiro atoms. The molecule has 1 saturated heterocycles. The van der Waals surface area contributed by atoms with E-state index in [1.165, 1.54) is 16.7 Å². The van der Waals surface area contributed by atoms with E-state index in [1.807, 2.05) is 0 Å². The normalized spacial score (nSPS) is 18.0. The minimum Gasteiger partial charge on any atom is -0.496 e. The van der Waals surface area contributed by atoms with Gasteiger partial charge >= 0.3 is 0 Å². The number of hydrogen-bond acceptors (Lipinski definition) is 2. The number of rotatable bonds is 3. The van der Waals surface area contributed by atoms with Crippen LogP contribution in [0.3, 0.4) is 0 Å². The number of ether oxygens (including phenoxy) is 2. The van der Waals surface area contributed by atoms with Crippen LogP contribution >= 0.6 is 11.6 Å². The summed E-state index contributed by atoms with van der Waals surface area (Å²) in [5, 5.41) is 0. The van der Waals surface area contributed by atoms with Gasteiger partial charge in [-0.1, -0.05) is 13.8 Å². The van der Waals surface area contributed by atoms with Crippen LogP contribution < -0.4 is 4.74 Å². The van der Waals surface area contributed by atoms with Crippen molar-refractivity contribution in [2.75, 3.05) is 20.3 Å². The van der Waals surface area contributed by atoms with Crippen molar-refractivity contribution in [2.24, 2.45) is 0 Å². The molecule has 0 N–H and O–H groups in total. The molecule has 1 fully saturated rings. The summed E-state index contributed by atoms with van der Waals surface area (Å²) in [6.45, 7) is 7.59. The maximum absolute atomic E-state index is 6.54. The Morgan fingerprint density at radius 2 is 2.00 bits per heavy atom. The van der Waals surface area contributed by atoms with Crippen molar-refractivity contribution in [3.8, 4) is 5.75 Å². The third-order valence-electron chi connectivity index (χ3n) is 3.34. The molecule has 0 aliphatic carbocycles. The highest BCUT2D eigenvalue weighted by Gasteiger charge is 2.39. The van der Waals surface area contributed by atoms with E-state index >= 15 is 0 Å². The van der Waals surface area contributed by atoms with Gasteiger partial charge in [-0.05, 0) is 41.7 Å². The van der Waals surface area contributed by atoms with Gasteiger partial charge in [-0.15, -0.1) is 11.6 Å². The zero-order valence-corrected chi connectivity index (χ0v) is 11.6. The summed E-state index contributed by atoms with van der Waals surface area (Å²) in [5.74, 6) is 1.37. The average molecular weight is 255 g/mol. The first-order valence-corrected chi connectivity index (χ1v) is 6.31. The molecule has 17 heavy (non-hydrogen) atoms. The third-order valence-corrected chi connectivity index (χ3v) is 3.76. The summed E-state index contributed by atoms with van der Waals surface area (Å²) in [6, 6.07) is 4.25. The maximum Gasteiger partial charge on any atom is 0.122 e. The molecule has 0 bridgehead atoms. The Kier molecular flexibility index (Phi) is 3.37. The zero-order chi connectivity index (χ0) is 12.6. The van der Waals surface area contributed by atoms with E-state index in [9.17, 15) is 0 Å². The van der Waals surface area contributed by atoms with Crippen LogP contribution in [-0.4, -0.2) is 20.3 Å². The molecule has 0 unspecified atom stereocenters. The van der Waals surface area contributed by atoms with Crippen molar-refractivity contribution >= 4 is 11.6 Å². The van der Waals surface area contributed by atoms with Gasteiger partial charge in [0.15, 0.2) is 0 Å². The number of aryl methyl sites for hydroxylation is 1. The number of halogens is 1. The molecule has 0 saturated carbocycles. The number of hydrogen-bond donors (Lipinski definition) is 0. The molecule has 0 radical (unpaired) electrons. The highest BCUT2D eigenvalue weighted by molar-refractivity contribution is 6.25. The van der Waals surface area contributed by atoms with E-state index in [0.29, 0.717) is 19.1 Å². The fraction of sp³-hybridized carbons (Fsp3) is 0.571. The Labute approximate surface area is 108 Å². The van der Waals surface area contributed by atoms with Crippen LogP contribution in [0, 0.1) is 6.92 Å². The molecular formula is C14H19ClO2. The van der Waals surface area contributed by atoms with Crippen molar-refractivity contribution in [1.82, 2.24) is 0 Å². The molecule has 2 nitrogen and oxygen atoms in total. The quantitative estimate of drug-likeness (QED) is 0.768. The Hall–Kier alpha value is -0.730. The van der Waals surface area contributed by atoms with Gasteiger partial charge in [-0.3, -0.25) is 0 Å². The van der Waals surface area contributed by atoms with E-state index in [2.05, 4.69) is 32.9 Å². The Morgan fingerprint density at radius 3 is 2.41 bits per heavy atom. The van der Waals surface area contributed by atoms with Gasteiger partial charge in [-0.2, -0.15) is 0 Å². The van der Waals surface area contributed by atoms with Crippen LogP contribution in [-0.2, 0) is 9.61 Å². The Balaban J connectivity index is 2.50. The maximum atomic E-state index is 6.54. The number of benzene rings is 1. The van der Waals surface area contributed by atoms with Gasteiger partial charge in [0, 0.05) is 0 Å². The molecule has 1 heterocycles. The predicted molar refractivity (Wildman–Crippen MR) is 70.2 cm³/mol. The molecule has 1 aliphatic rings. The van der Waals surface area contributed by atoms with Crippen molar-refractivity contribution in [3.05, 3.63) is 28.8 Å². The van der Waals surface area contributed by atoms with E-state index < -0.39 is 0 Å². The summed E-state index contributed by atoms with van der Waals surface area (Å²) in [5.41, 5.74) is 3.56. The number of alkyl halides is 1. The van der Waals surface area contributed by atoms with Crippen LogP contribution in [0.4, 0.5) is 0 Å². The highest BCUT2D eigenvalue weighted by atomic mass is 35.5. The first-order valence-electron chi connectivity index (χ1n) is 5.93. The van der Waals surface area contributed by atoms with Crippen molar-refractivity contribution in [1.29, 1.82) is 0 Å². The van der Waals surface area contributed by atoms with Gasteiger partial charge in [0.25, 0.3) is 0 Å². The molecule has 3 heteroatoms. The lowest BCUT2D eigenvalue weighted by Crippen LogP contribution is -2.42. The third kappa shape index (κ3) is 2.16. The largest absolute Gasteiger partial charge is 0.496 e. The standard InChI is InChI=1S/C14H19ClO2/c1-9(2)11-6-12(14(15)7-17-8-14)10(3)5-13(11)16-4/h5-6,9H,7-8H2,1-4H3. The fourth-order valence-electron chi connectivity index (χ4n) is 2.25. The van der Waals surface area contributed by atoms with E-state index in [-0.39, 0.29) is 4.87 Å². The molecule has 94 valence electrons. The summed E-state index contributed by atoms with van der Waals surface area (Å²) < 4.78 is 10.7. The molecule has 1 aliphatic heterocycles. The average Bonchev–Trinajstić information content (AvgIpc) is 2.25. The van der Waals surface area contributed by atoms with E-state index in [0.717, 1.165) is 5.75 Å². The molecule has 1 aromatic carbocycles. The monoisotopic (exact) mass is 254 g/mol. The lowest BCUT2D eigenvalue weighted by molar-refractivity contribution is -0.0155. The van der Waals surface area contributed by atoms with Crippen LogP contribution in [0.25, 0.3) is 0 Å². The second-order valence-corrected chi connectivity index (χ2v) is 5.75. The summed E-state index contributed by atoms with van der Waals surface area (Å²) in [4.78, 5) is -0.333. The van der Waals surface area contributed by atoms with Gasteiger partial charge < -0.3 is 9.47 Å². The predicted octanol–water partition coefficient (Wildman–Crippen LogP) is 3.59. The van der Waals surface area contributed by atoms with E-state index in [1.54, 1.807) is 7.11 Å². The molecule has 0 atom stereocenters. The lowest BCUT2D eigenvalue weighted by atomic mass is 9.88. The Morgan fingerprint density at radius 1 is 1.35 bits per heavy atom. The molecule has 1 aromatic rings. The van der Waals surface area contributed by atoms with Crippen LogP contribution in [0.1, 0.15) is 36.5 Å². The second-order valence-electron chi connectivity index (χ2n) is 5.02. The molecule has 0 aromatic heterocycles. The van der Waals surface area contributed by atoms with Crippen molar-refractivity contribution in [2.45, 2.75) is 31.6 Å². The lowest BCUT2D eigenvalue weighted by Gasteiger charge is -2.37. The second kappa shape index (κ2) is 4.51. The first kappa shape index (κ1) is 12.7. The minimum absolute atomic E-state index is 0.333. The van der Waals surface area contributed by atoms with Crippen LogP contribution in [0.2, 0.25) is 0 Å². The van der Waals surface area contributed by atoms with Gasteiger partial charge in [0.1, 0.15) is 10.6 Å². The van der Waals surface area contributed by atoms with Gasteiger partial charge in [0.2, 0.25) is 0 Å². The Bertz CT molecular complexity index is 422.